The molecule has 1 aliphatic heterocycles. The van der Waals surface area contributed by atoms with Gasteiger partial charge in [-0.15, -0.1) is 0 Å². The van der Waals surface area contributed by atoms with Crippen LogP contribution in [0, 0.1) is 5.41 Å². The molecule has 0 bridgehead atoms. The number of rotatable bonds is 1. The molecule has 2 fully saturated rings. The first-order valence-corrected chi connectivity index (χ1v) is 6.02. The van der Waals surface area contributed by atoms with Gasteiger partial charge in [-0.1, -0.05) is 30.3 Å². The first-order valence-electron chi connectivity index (χ1n) is 6.02. The topological polar surface area (TPSA) is 20.3 Å². The van der Waals surface area contributed by atoms with Gasteiger partial charge >= 0.3 is 0 Å². The lowest BCUT2D eigenvalue weighted by Gasteiger charge is -2.23. The van der Waals surface area contributed by atoms with E-state index in [0.29, 0.717) is 11.5 Å². The smallest absolute Gasteiger partial charge is 0.219 e. The zero-order chi connectivity index (χ0) is 11.2. The number of hydrogen-bond acceptors (Lipinski definition) is 1. The largest absolute Gasteiger partial charge is 0.335 e. The molecule has 84 valence electrons. The maximum absolute atomic E-state index is 11.7. The van der Waals surface area contributed by atoms with E-state index in [2.05, 4.69) is 29.2 Å². The van der Waals surface area contributed by atoms with Crippen LogP contribution in [-0.4, -0.2) is 17.4 Å². The third-order valence-electron chi connectivity index (χ3n) is 4.05. The number of amides is 1. The Kier molecular flexibility index (Phi) is 2.06. The highest BCUT2D eigenvalue weighted by atomic mass is 16.2. The molecule has 16 heavy (non-hydrogen) atoms. The molecule has 1 amide bonds. The predicted octanol–water partition coefficient (Wildman–Crippen LogP) is 2.76. The molecule has 0 aromatic heterocycles. The van der Waals surface area contributed by atoms with Crippen LogP contribution in [0.4, 0.5) is 0 Å². The second-order valence-electron chi connectivity index (χ2n) is 5.28. The Morgan fingerprint density at radius 2 is 2.00 bits per heavy atom. The zero-order valence-corrected chi connectivity index (χ0v) is 9.65. The summed E-state index contributed by atoms with van der Waals surface area (Å²) in [6.07, 6.45) is 3.77. The van der Waals surface area contributed by atoms with E-state index in [1.165, 1.54) is 18.4 Å². The zero-order valence-electron chi connectivity index (χ0n) is 9.65. The van der Waals surface area contributed by atoms with Crippen molar-refractivity contribution >= 4 is 5.91 Å². The average Bonchev–Trinajstić information content (AvgIpc) is 2.91. The standard InChI is InChI=1S/C14H17NO/c1-11(16)15-10-14(7-8-14)9-13(15)12-5-3-2-4-6-12/h2-6,13H,7-10H2,1H3. The van der Waals surface area contributed by atoms with Crippen molar-refractivity contribution in [1.29, 1.82) is 0 Å². The van der Waals surface area contributed by atoms with Gasteiger partial charge in [-0.3, -0.25) is 4.79 Å². The van der Waals surface area contributed by atoms with Gasteiger partial charge in [0.15, 0.2) is 0 Å². The normalized spacial score (nSPS) is 26.1. The van der Waals surface area contributed by atoms with E-state index in [0.717, 1.165) is 13.0 Å². The lowest BCUT2D eigenvalue weighted by molar-refractivity contribution is -0.129. The SMILES string of the molecule is CC(=O)N1CC2(CC2)CC1c1ccccc1. The van der Waals surface area contributed by atoms with E-state index in [-0.39, 0.29) is 5.91 Å². The average molecular weight is 215 g/mol. The van der Waals surface area contributed by atoms with Crippen LogP contribution in [0.3, 0.4) is 0 Å². The van der Waals surface area contributed by atoms with Gasteiger partial charge in [-0.2, -0.15) is 0 Å². The van der Waals surface area contributed by atoms with Crippen molar-refractivity contribution in [3.8, 4) is 0 Å². The number of carbonyl (C=O) groups excluding carboxylic acids is 1. The molecule has 2 heteroatoms. The molecule has 1 saturated heterocycles. The van der Waals surface area contributed by atoms with E-state index in [4.69, 9.17) is 0 Å². The quantitative estimate of drug-likeness (QED) is 0.705. The monoisotopic (exact) mass is 215 g/mol. The van der Waals surface area contributed by atoms with Gasteiger partial charge in [0, 0.05) is 13.5 Å². The van der Waals surface area contributed by atoms with E-state index >= 15 is 0 Å². The highest BCUT2D eigenvalue weighted by molar-refractivity contribution is 5.74. The molecule has 1 aromatic rings. The molecule has 1 heterocycles. The molecular formula is C14H17NO. The summed E-state index contributed by atoms with van der Waals surface area (Å²) in [6, 6.07) is 10.8. The molecule has 2 aliphatic rings. The summed E-state index contributed by atoms with van der Waals surface area (Å²) in [5, 5.41) is 0. The van der Waals surface area contributed by atoms with Crippen molar-refractivity contribution in [3.05, 3.63) is 35.9 Å². The second kappa shape index (κ2) is 3.34. The van der Waals surface area contributed by atoms with Crippen molar-refractivity contribution in [2.75, 3.05) is 6.54 Å². The summed E-state index contributed by atoms with van der Waals surface area (Å²) in [5.41, 5.74) is 1.77. The van der Waals surface area contributed by atoms with Crippen LogP contribution in [0.1, 0.15) is 37.8 Å². The Hall–Kier alpha value is -1.31. The lowest BCUT2D eigenvalue weighted by atomic mass is 9.98. The number of nitrogens with zero attached hydrogens (tertiary/aromatic N) is 1. The predicted molar refractivity (Wildman–Crippen MR) is 62.9 cm³/mol. The minimum atomic E-state index is 0.220. The highest BCUT2D eigenvalue weighted by Gasteiger charge is 2.52. The van der Waals surface area contributed by atoms with Crippen molar-refractivity contribution in [3.63, 3.8) is 0 Å². The Labute approximate surface area is 96.3 Å². The molecule has 1 aliphatic carbocycles. The number of hydrogen-bond donors (Lipinski definition) is 0. The molecule has 3 rings (SSSR count). The van der Waals surface area contributed by atoms with Crippen LogP contribution in [-0.2, 0) is 4.79 Å². The summed E-state index contributed by atoms with van der Waals surface area (Å²) >= 11 is 0. The Bertz CT molecular complexity index is 408. The molecule has 1 unspecified atom stereocenters. The molecule has 2 nitrogen and oxygen atoms in total. The summed E-state index contributed by atoms with van der Waals surface area (Å²) in [7, 11) is 0. The van der Waals surface area contributed by atoms with Gasteiger partial charge in [0.2, 0.25) is 5.91 Å². The first kappa shape index (κ1) is 9.88. The first-order chi connectivity index (χ1) is 7.70. The molecular weight excluding hydrogens is 198 g/mol. The van der Waals surface area contributed by atoms with Gasteiger partial charge in [-0.25, -0.2) is 0 Å². The summed E-state index contributed by atoms with van der Waals surface area (Å²) in [6.45, 7) is 2.67. The minimum absolute atomic E-state index is 0.220. The molecule has 1 saturated carbocycles. The Morgan fingerprint density at radius 3 is 2.56 bits per heavy atom. The summed E-state index contributed by atoms with van der Waals surface area (Å²) in [4.78, 5) is 13.7. The van der Waals surface area contributed by atoms with Crippen LogP contribution in [0.15, 0.2) is 30.3 Å². The van der Waals surface area contributed by atoms with Gasteiger partial charge in [0.1, 0.15) is 0 Å². The fraction of sp³-hybridized carbons (Fsp3) is 0.500. The third-order valence-corrected chi connectivity index (χ3v) is 4.05. The molecule has 1 atom stereocenters. The fourth-order valence-electron chi connectivity index (χ4n) is 2.90. The van der Waals surface area contributed by atoms with Crippen molar-refractivity contribution in [2.45, 2.75) is 32.2 Å². The van der Waals surface area contributed by atoms with E-state index in [1.807, 2.05) is 6.07 Å². The van der Waals surface area contributed by atoms with Crippen LogP contribution in [0.2, 0.25) is 0 Å². The number of carbonyl (C=O) groups is 1. The van der Waals surface area contributed by atoms with Crippen LogP contribution in [0.5, 0.6) is 0 Å². The molecule has 0 radical (unpaired) electrons. The van der Waals surface area contributed by atoms with Crippen molar-refractivity contribution in [2.24, 2.45) is 5.41 Å². The van der Waals surface area contributed by atoms with Crippen LogP contribution >= 0.6 is 0 Å². The molecule has 1 aromatic carbocycles. The maximum atomic E-state index is 11.7. The van der Waals surface area contributed by atoms with Crippen molar-refractivity contribution < 1.29 is 4.79 Å². The van der Waals surface area contributed by atoms with Gasteiger partial charge in [-0.05, 0) is 30.2 Å². The van der Waals surface area contributed by atoms with E-state index < -0.39 is 0 Å². The lowest BCUT2D eigenvalue weighted by Crippen LogP contribution is -2.28. The van der Waals surface area contributed by atoms with E-state index in [9.17, 15) is 4.79 Å². The molecule has 1 spiro atoms. The Morgan fingerprint density at radius 1 is 1.31 bits per heavy atom. The van der Waals surface area contributed by atoms with Crippen LogP contribution < -0.4 is 0 Å². The van der Waals surface area contributed by atoms with Gasteiger partial charge in [0.25, 0.3) is 0 Å². The number of benzene rings is 1. The third kappa shape index (κ3) is 1.53. The van der Waals surface area contributed by atoms with Gasteiger partial charge in [0.05, 0.1) is 6.04 Å². The maximum Gasteiger partial charge on any atom is 0.219 e. The van der Waals surface area contributed by atoms with Crippen LogP contribution in [0.25, 0.3) is 0 Å². The number of likely N-dealkylation sites (tertiary alicyclic amines) is 1. The fourth-order valence-corrected chi connectivity index (χ4v) is 2.90. The highest BCUT2D eigenvalue weighted by Crippen LogP contribution is 2.58. The minimum Gasteiger partial charge on any atom is -0.335 e. The van der Waals surface area contributed by atoms with Gasteiger partial charge < -0.3 is 4.90 Å². The summed E-state index contributed by atoms with van der Waals surface area (Å²) < 4.78 is 0. The summed E-state index contributed by atoms with van der Waals surface area (Å²) in [5.74, 6) is 0.220. The molecule has 0 N–H and O–H groups in total. The van der Waals surface area contributed by atoms with E-state index in [1.54, 1.807) is 6.92 Å². The second-order valence-corrected chi connectivity index (χ2v) is 5.28. The van der Waals surface area contributed by atoms with Crippen molar-refractivity contribution in [1.82, 2.24) is 4.90 Å². The Balaban J connectivity index is 1.90.